The van der Waals surface area contributed by atoms with Gasteiger partial charge in [-0.2, -0.15) is 0 Å². The Labute approximate surface area is 119 Å². The van der Waals surface area contributed by atoms with E-state index < -0.39 is 0 Å². The molecule has 0 spiro atoms. The summed E-state index contributed by atoms with van der Waals surface area (Å²) in [6.45, 7) is 6.20. The molecule has 0 atom stereocenters. The second-order valence-electron chi connectivity index (χ2n) is 6.11. The van der Waals surface area contributed by atoms with E-state index in [9.17, 15) is 0 Å². The first kappa shape index (κ1) is 12.9. The van der Waals surface area contributed by atoms with Crippen LogP contribution in [0.1, 0.15) is 42.7 Å². The summed E-state index contributed by atoms with van der Waals surface area (Å²) in [5.41, 5.74) is 12.0. The van der Waals surface area contributed by atoms with Crippen LogP contribution in [-0.2, 0) is 18.4 Å². The Balaban J connectivity index is 2.49. The van der Waals surface area contributed by atoms with Gasteiger partial charge in [0, 0.05) is 21.6 Å². The zero-order valence-electron chi connectivity index (χ0n) is 11.7. The average Bonchev–Trinajstić information content (AvgIpc) is 2.71. The van der Waals surface area contributed by atoms with Crippen LogP contribution in [0, 0.1) is 6.92 Å². The Morgan fingerprint density at radius 1 is 1.26 bits per heavy atom. The van der Waals surface area contributed by atoms with E-state index in [0.717, 1.165) is 34.3 Å². The second kappa shape index (κ2) is 4.19. The minimum Gasteiger partial charge on any atom is -0.322 e. The van der Waals surface area contributed by atoms with Crippen molar-refractivity contribution in [3.05, 3.63) is 39.5 Å². The maximum atomic E-state index is 6.43. The van der Waals surface area contributed by atoms with Gasteiger partial charge in [0.15, 0.2) is 0 Å². The van der Waals surface area contributed by atoms with Crippen molar-refractivity contribution in [3.63, 3.8) is 0 Å². The zero-order chi connectivity index (χ0) is 13.8. The number of pyridine rings is 1. The van der Waals surface area contributed by atoms with Crippen LogP contribution in [0.25, 0.3) is 10.9 Å². The monoisotopic (exact) mass is 274 g/mol. The standard InChI is InChI=1S/C16H19ClN2/c1-9-7-10(17)8-12-14(16(2,3)18)11-5-4-6-13(11)19-15(9)12/h7-8H,4-6,18H2,1-3H3. The van der Waals surface area contributed by atoms with E-state index in [-0.39, 0.29) is 5.54 Å². The molecule has 0 radical (unpaired) electrons. The van der Waals surface area contributed by atoms with Crippen molar-refractivity contribution in [1.29, 1.82) is 0 Å². The lowest BCUT2D eigenvalue weighted by Gasteiger charge is -2.25. The third-order valence-corrected chi connectivity index (χ3v) is 4.13. The molecule has 3 heteroatoms. The highest BCUT2D eigenvalue weighted by molar-refractivity contribution is 6.31. The van der Waals surface area contributed by atoms with Gasteiger partial charge in [0.25, 0.3) is 0 Å². The number of benzene rings is 1. The molecule has 2 aromatic rings. The van der Waals surface area contributed by atoms with Gasteiger partial charge in [-0.3, -0.25) is 4.98 Å². The van der Waals surface area contributed by atoms with Crippen molar-refractivity contribution in [2.75, 3.05) is 0 Å². The van der Waals surface area contributed by atoms with Crippen LogP contribution < -0.4 is 5.73 Å². The number of aryl methyl sites for hydroxylation is 2. The zero-order valence-corrected chi connectivity index (χ0v) is 12.4. The summed E-state index contributed by atoms with van der Waals surface area (Å²) in [7, 11) is 0. The van der Waals surface area contributed by atoms with Crippen molar-refractivity contribution in [3.8, 4) is 0 Å². The minimum atomic E-state index is -0.368. The van der Waals surface area contributed by atoms with E-state index in [1.165, 1.54) is 23.2 Å². The largest absolute Gasteiger partial charge is 0.322 e. The lowest BCUT2D eigenvalue weighted by molar-refractivity contribution is 0.553. The third-order valence-electron chi connectivity index (χ3n) is 3.92. The number of hydrogen-bond acceptors (Lipinski definition) is 2. The molecule has 1 aromatic carbocycles. The fourth-order valence-corrected chi connectivity index (χ4v) is 3.50. The molecule has 0 fully saturated rings. The molecule has 1 aliphatic rings. The molecule has 0 unspecified atom stereocenters. The molecule has 1 aliphatic carbocycles. The lowest BCUT2D eigenvalue weighted by atomic mass is 9.86. The number of nitrogens with zero attached hydrogens (tertiary/aromatic N) is 1. The Morgan fingerprint density at radius 2 is 2.00 bits per heavy atom. The van der Waals surface area contributed by atoms with Crippen LogP contribution in [0.3, 0.4) is 0 Å². The van der Waals surface area contributed by atoms with Crippen LogP contribution in [-0.4, -0.2) is 4.98 Å². The number of aromatic nitrogens is 1. The Kier molecular flexibility index (Phi) is 2.84. The van der Waals surface area contributed by atoms with E-state index in [1.807, 2.05) is 12.1 Å². The summed E-state index contributed by atoms with van der Waals surface area (Å²) in [6.07, 6.45) is 3.32. The smallest absolute Gasteiger partial charge is 0.0739 e. The summed E-state index contributed by atoms with van der Waals surface area (Å²) in [5, 5.41) is 1.88. The number of fused-ring (bicyclic) bond motifs is 2. The molecule has 2 nitrogen and oxygen atoms in total. The summed E-state index contributed by atoms with van der Waals surface area (Å²) >= 11 is 6.23. The molecule has 0 saturated carbocycles. The van der Waals surface area contributed by atoms with Gasteiger partial charge in [-0.05, 0) is 68.9 Å². The van der Waals surface area contributed by atoms with Crippen molar-refractivity contribution in [1.82, 2.24) is 4.98 Å². The van der Waals surface area contributed by atoms with Crippen molar-refractivity contribution in [2.24, 2.45) is 5.73 Å². The molecular weight excluding hydrogens is 256 g/mol. The summed E-state index contributed by atoms with van der Waals surface area (Å²) < 4.78 is 0. The van der Waals surface area contributed by atoms with E-state index >= 15 is 0 Å². The highest BCUT2D eigenvalue weighted by atomic mass is 35.5. The molecule has 0 aliphatic heterocycles. The highest BCUT2D eigenvalue weighted by Gasteiger charge is 2.27. The van der Waals surface area contributed by atoms with Gasteiger partial charge in [0.05, 0.1) is 5.52 Å². The topological polar surface area (TPSA) is 38.9 Å². The van der Waals surface area contributed by atoms with E-state index in [1.54, 1.807) is 0 Å². The van der Waals surface area contributed by atoms with Crippen LogP contribution in [0.4, 0.5) is 0 Å². The third kappa shape index (κ3) is 2.03. The lowest BCUT2D eigenvalue weighted by Crippen LogP contribution is -2.30. The summed E-state index contributed by atoms with van der Waals surface area (Å²) in [6, 6.07) is 3.99. The number of halogens is 1. The van der Waals surface area contributed by atoms with Crippen molar-refractivity contribution in [2.45, 2.75) is 45.6 Å². The molecule has 19 heavy (non-hydrogen) atoms. The first-order valence-electron chi connectivity index (χ1n) is 6.79. The number of rotatable bonds is 1. The minimum absolute atomic E-state index is 0.368. The van der Waals surface area contributed by atoms with E-state index in [2.05, 4.69) is 20.8 Å². The van der Waals surface area contributed by atoms with Gasteiger partial charge in [-0.15, -0.1) is 0 Å². The molecule has 2 N–H and O–H groups in total. The van der Waals surface area contributed by atoms with Gasteiger partial charge in [0.2, 0.25) is 0 Å². The summed E-state index contributed by atoms with van der Waals surface area (Å²) in [5.74, 6) is 0. The van der Waals surface area contributed by atoms with Crippen LogP contribution in [0.2, 0.25) is 5.02 Å². The first-order chi connectivity index (χ1) is 8.88. The fraction of sp³-hybridized carbons (Fsp3) is 0.438. The number of hydrogen-bond donors (Lipinski definition) is 1. The average molecular weight is 275 g/mol. The Morgan fingerprint density at radius 3 is 2.68 bits per heavy atom. The maximum Gasteiger partial charge on any atom is 0.0739 e. The SMILES string of the molecule is Cc1cc(Cl)cc2c(C(C)(C)N)c3c(nc12)CCC3. The molecular formula is C16H19ClN2. The molecule has 0 bridgehead atoms. The Hall–Kier alpha value is -1.12. The van der Waals surface area contributed by atoms with Gasteiger partial charge < -0.3 is 5.73 Å². The normalized spacial score (nSPS) is 15.0. The van der Waals surface area contributed by atoms with Crippen molar-refractivity contribution < 1.29 is 0 Å². The predicted octanol–water partition coefficient (Wildman–Crippen LogP) is 3.88. The van der Waals surface area contributed by atoms with E-state index in [0.29, 0.717) is 0 Å². The Bertz CT molecular complexity index is 669. The van der Waals surface area contributed by atoms with Crippen LogP contribution >= 0.6 is 11.6 Å². The molecule has 0 amide bonds. The first-order valence-corrected chi connectivity index (χ1v) is 7.16. The molecule has 100 valence electrons. The molecule has 1 heterocycles. The predicted molar refractivity (Wildman–Crippen MR) is 80.7 cm³/mol. The van der Waals surface area contributed by atoms with Crippen LogP contribution in [0.15, 0.2) is 12.1 Å². The van der Waals surface area contributed by atoms with Crippen molar-refractivity contribution >= 4 is 22.5 Å². The van der Waals surface area contributed by atoms with Gasteiger partial charge in [0.1, 0.15) is 0 Å². The fourth-order valence-electron chi connectivity index (χ4n) is 3.23. The van der Waals surface area contributed by atoms with Gasteiger partial charge in [-0.25, -0.2) is 0 Å². The molecule has 3 rings (SSSR count). The quantitative estimate of drug-likeness (QED) is 0.857. The number of nitrogens with two attached hydrogens (primary N) is 1. The summed E-state index contributed by atoms with van der Waals surface area (Å²) in [4.78, 5) is 4.86. The van der Waals surface area contributed by atoms with Crippen LogP contribution in [0.5, 0.6) is 0 Å². The molecule has 0 saturated heterocycles. The second-order valence-corrected chi connectivity index (χ2v) is 6.54. The van der Waals surface area contributed by atoms with E-state index in [4.69, 9.17) is 22.3 Å². The van der Waals surface area contributed by atoms with Gasteiger partial charge >= 0.3 is 0 Å². The maximum absolute atomic E-state index is 6.43. The highest BCUT2D eigenvalue weighted by Crippen LogP contribution is 2.37. The molecule has 1 aromatic heterocycles. The van der Waals surface area contributed by atoms with Gasteiger partial charge in [-0.1, -0.05) is 11.6 Å².